The van der Waals surface area contributed by atoms with Crippen molar-refractivity contribution >= 4 is 17.6 Å². The molecule has 0 aromatic heterocycles. The van der Waals surface area contributed by atoms with Gasteiger partial charge >= 0.3 is 5.97 Å². The zero-order valence-corrected chi connectivity index (χ0v) is 5.46. The average molecular weight is 140 g/mol. The molecule has 0 fully saturated rings. The van der Waals surface area contributed by atoms with Gasteiger partial charge in [0.05, 0.1) is 12.7 Å². The lowest BCUT2D eigenvalue weighted by Crippen LogP contribution is -2.14. The van der Waals surface area contributed by atoms with Crippen LogP contribution in [-0.2, 0) is 14.3 Å². The van der Waals surface area contributed by atoms with Gasteiger partial charge in [-0.1, -0.05) is 5.41 Å². The minimum atomic E-state index is -0.982. The molecule has 0 rings (SSSR count). The van der Waals surface area contributed by atoms with Gasteiger partial charge < -0.3 is 4.74 Å². The molecule has 0 unspecified atom stereocenters. The third kappa shape index (κ3) is 2.79. The Morgan fingerprint density at radius 3 is 2.70 bits per heavy atom. The SMILES string of the molecule is CCOC(=O)C(=O)C=C=[N]. The highest BCUT2D eigenvalue weighted by Crippen LogP contribution is 1.79. The Morgan fingerprint density at radius 1 is 1.70 bits per heavy atom. The minimum absolute atomic E-state index is 0.143. The molecule has 0 aromatic carbocycles. The van der Waals surface area contributed by atoms with Gasteiger partial charge in [-0.3, -0.25) is 4.79 Å². The molecule has 0 saturated carbocycles. The third-order valence-corrected chi connectivity index (χ3v) is 0.672. The van der Waals surface area contributed by atoms with Gasteiger partial charge in [0, 0.05) is 5.87 Å². The van der Waals surface area contributed by atoms with E-state index >= 15 is 0 Å². The van der Waals surface area contributed by atoms with Crippen molar-refractivity contribution in [2.24, 2.45) is 0 Å². The fourth-order valence-electron chi connectivity index (χ4n) is 0.320. The summed E-state index contributed by atoms with van der Waals surface area (Å²) in [7, 11) is 0. The number of esters is 1. The van der Waals surface area contributed by atoms with Crippen LogP contribution >= 0.6 is 0 Å². The predicted octanol–water partition coefficient (Wildman–Crippen LogP) is -0.855. The summed E-state index contributed by atoms with van der Waals surface area (Å²) in [6.45, 7) is 1.72. The summed E-state index contributed by atoms with van der Waals surface area (Å²) < 4.78 is 4.29. The maximum Gasteiger partial charge on any atom is 0.379 e. The van der Waals surface area contributed by atoms with Crippen LogP contribution in [0.3, 0.4) is 0 Å². The first-order valence-corrected chi connectivity index (χ1v) is 2.66. The number of hydrogen-bond acceptors (Lipinski definition) is 3. The van der Waals surface area contributed by atoms with Gasteiger partial charge in [-0.05, 0) is 6.92 Å². The number of carbonyl (C=O) groups is 2. The van der Waals surface area contributed by atoms with Crippen LogP contribution in [0.25, 0.3) is 0 Å². The van der Waals surface area contributed by atoms with Gasteiger partial charge in [0.1, 0.15) is 0 Å². The van der Waals surface area contributed by atoms with Crippen molar-refractivity contribution in [2.45, 2.75) is 6.92 Å². The summed E-state index contributed by atoms with van der Waals surface area (Å²) in [6, 6.07) is 0. The van der Waals surface area contributed by atoms with Gasteiger partial charge in [0.15, 0.2) is 0 Å². The molecular weight excluding hydrogens is 134 g/mol. The van der Waals surface area contributed by atoms with Gasteiger partial charge in [-0.2, -0.15) is 0 Å². The molecule has 53 valence electrons. The number of carbonyl (C=O) groups excluding carboxylic acids is 2. The molecule has 0 amide bonds. The molecule has 0 aliphatic rings. The molecular formula is C6H6NO3. The molecule has 0 bridgehead atoms. The van der Waals surface area contributed by atoms with Crippen molar-refractivity contribution in [3.05, 3.63) is 6.08 Å². The van der Waals surface area contributed by atoms with Crippen LogP contribution in [0.5, 0.6) is 0 Å². The van der Waals surface area contributed by atoms with Gasteiger partial charge in [0.25, 0.3) is 5.78 Å². The van der Waals surface area contributed by atoms with E-state index in [0.717, 1.165) is 0 Å². The largest absolute Gasteiger partial charge is 0.460 e. The van der Waals surface area contributed by atoms with Crippen LogP contribution < -0.4 is 5.41 Å². The summed E-state index contributed by atoms with van der Waals surface area (Å²) in [5.41, 5.74) is 0. The molecule has 0 spiro atoms. The molecule has 0 aromatic rings. The second-order valence-electron chi connectivity index (χ2n) is 1.36. The van der Waals surface area contributed by atoms with Gasteiger partial charge in [-0.15, -0.1) is 0 Å². The number of hydrogen-bond donors (Lipinski definition) is 0. The van der Waals surface area contributed by atoms with Crippen LogP contribution in [0, 0.1) is 0 Å². The smallest absolute Gasteiger partial charge is 0.379 e. The van der Waals surface area contributed by atoms with Gasteiger partial charge in [0.2, 0.25) is 0 Å². The molecule has 1 radical (unpaired) electrons. The molecule has 10 heavy (non-hydrogen) atoms. The van der Waals surface area contributed by atoms with Crippen molar-refractivity contribution in [2.75, 3.05) is 6.61 Å². The summed E-state index contributed by atoms with van der Waals surface area (Å²) in [4.78, 5) is 20.8. The Labute approximate surface area is 58.0 Å². The number of ether oxygens (including phenoxy) is 1. The fourth-order valence-corrected chi connectivity index (χ4v) is 0.320. The van der Waals surface area contributed by atoms with Gasteiger partial charge in [-0.25, -0.2) is 4.79 Å². The molecule has 0 aliphatic carbocycles. The highest BCUT2D eigenvalue weighted by molar-refractivity contribution is 6.39. The Balaban J connectivity index is 3.95. The lowest BCUT2D eigenvalue weighted by molar-refractivity contribution is -0.151. The zero-order chi connectivity index (χ0) is 7.98. The molecule has 4 nitrogen and oxygen atoms in total. The van der Waals surface area contributed by atoms with Crippen molar-refractivity contribution in [3.63, 3.8) is 0 Å². The second-order valence-corrected chi connectivity index (χ2v) is 1.36. The first kappa shape index (κ1) is 8.59. The molecule has 4 heteroatoms. The van der Waals surface area contributed by atoms with Crippen LogP contribution in [-0.4, -0.2) is 24.2 Å². The highest BCUT2D eigenvalue weighted by atomic mass is 16.5. The summed E-state index contributed by atoms with van der Waals surface area (Å²) >= 11 is 0. The van der Waals surface area contributed by atoms with E-state index in [9.17, 15) is 9.59 Å². The van der Waals surface area contributed by atoms with Crippen LogP contribution in [0.15, 0.2) is 6.08 Å². The highest BCUT2D eigenvalue weighted by Gasteiger charge is 2.09. The fraction of sp³-hybridized carbons (Fsp3) is 0.333. The van der Waals surface area contributed by atoms with Crippen molar-refractivity contribution in [3.8, 4) is 0 Å². The van der Waals surface area contributed by atoms with Crippen molar-refractivity contribution in [1.29, 1.82) is 0 Å². The van der Waals surface area contributed by atoms with E-state index in [1.54, 1.807) is 6.92 Å². The lowest BCUT2D eigenvalue weighted by Gasteiger charge is -1.93. The van der Waals surface area contributed by atoms with E-state index in [1.807, 2.05) is 0 Å². The Kier molecular flexibility index (Phi) is 3.84. The molecule has 0 saturated heterocycles. The molecule has 0 heterocycles. The monoisotopic (exact) mass is 140 g/mol. The van der Waals surface area contributed by atoms with E-state index in [1.165, 1.54) is 5.87 Å². The quantitative estimate of drug-likeness (QED) is 0.222. The molecule has 0 atom stereocenters. The topological polar surface area (TPSA) is 65.7 Å². The van der Waals surface area contributed by atoms with E-state index < -0.39 is 11.8 Å². The normalized spacial score (nSPS) is 7.70. The first-order chi connectivity index (χ1) is 4.72. The lowest BCUT2D eigenvalue weighted by atomic mass is 10.4. The summed E-state index contributed by atoms with van der Waals surface area (Å²) in [5, 5.41) is 7.92. The van der Waals surface area contributed by atoms with Crippen LogP contribution in [0.4, 0.5) is 0 Å². The minimum Gasteiger partial charge on any atom is -0.460 e. The third-order valence-electron chi connectivity index (χ3n) is 0.672. The Bertz CT molecular complexity index is 191. The maximum atomic E-state index is 10.4. The zero-order valence-electron chi connectivity index (χ0n) is 5.46. The molecule has 0 aliphatic heterocycles. The van der Waals surface area contributed by atoms with E-state index in [0.29, 0.717) is 6.08 Å². The Hall–Kier alpha value is -1.41. The summed E-state index contributed by atoms with van der Waals surface area (Å²) in [5.74, 6) is -0.464. The van der Waals surface area contributed by atoms with Crippen LogP contribution in [0.1, 0.15) is 6.92 Å². The van der Waals surface area contributed by atoms with Crippen molar-refractivity contribution in [1.82, 2.24) is 5.41 Å². The standard InChI is InChI=1S/C6H6NO3/c1-2-10-6(9)5(8)3-4-7/h3H,2H2,1H3. The van der Waals surface area contributed by atoms with E-state index in [4.69, 9.17) is 5.41 Å². The number of nitrogens with zero attached hydrogens (tertiary/aromatic N) is 1. The maximum absolute atomic E-state index is 10.4. The first-order valence-electron chi connectivity index (χ1n) is 2.66. The van der Waals surface area contributed by atoms with Crippen molar-refractivity contribution < 1.29 is 14.3 Å². The number of ketones is 1. The Morgan fingerprint density at radius 2 is 2.30 bits per heavy atom. The van der Waals surface area contributed by atoms with E-state index in [-0.39, 0.29) is 6.61 Å². The number of rotatable bonds is 3. The van der Waals surface area contributed by atoms with E-state index in [2.05, 4.69) is 4.74 Å². The predicted molar refractivity (Wildman–Crippen MR) is 33.4 cm³/mol. The second kappa shape index (κ2) is 4.47. The average Bonchev–Trinajstić information content (AvgIpc) is 1.89. The molecule has 0 N–H and O–H groups in total. The summed E-state index contributed by atoms with van der Waals surface area (Å²) in [6.07, 6.45) is 0.609. The van der Waals surface area contributed by atoms with Crippen LogP contribution in [0.2, 0.25) is 0 Å².